The maximum absolute atomic E-state index is 11.3. The number of methoxy groups -OCH3 is 2. The number of anilines is 2. The van der Waals surface area contributed by atoms with E-state index in [1.165, 1.54) is 33.3 Å². The molecule has 0 radical (unpaired) electrons. The minimum Gasteiger partial charge on any atom is -0.465 e. The number of hydrogen-bond acceptors (Lipinski definition) is 8. The summed E-state index contributed by atoms with van der Waals surface area (Å²) >= 11 is 3.17. The van der Waals surface area contributed by atoms with Gasteiger partial charge in [0.2, 0.25) is 0 Å². The molecular weight excluding hydrogens is 547 g/mol. The number of nitrogens with two attached hydrogens (primary N) is 2. The zero-order chi connectivity index (χ0) is 24.8. The van der Waals surface area contributed by atoms with Crippen molar-refractivity contribution in [3.8, 4) is 0 Å². The number of pyridine rings is 2. The maximum atomic E-state index is 11.3. The van der Waals surface area contributed by atoms with Crippen LogP contribution in [0.4, 0.5) is 24.6 Å². The van der Waals surface area contributed by atoms with Gasteiger partial charge in [0.1, 0.15) is 22.8 Å². The predicted octanol–water partition coefficient (Wildman–Crippen LogP) is 1.54. The molecule has 2 heterocycles. The zero-order valence-corrected chi connectivity index (χ0v) is 23.8. The first kappa shape index (κ1) is 30.8. The average molecular weight is 571 g/mol. The second-order valence-corrected chi connectivity index (χ2v) is 8.42. The van der Waals surface area contributed by atoms with Gasteiger partial charge in [-0.2, -0.15) is 0 Å². The molecule has 0 bridgehead atoms. The van der Waals surface area contributed by atoms with Crippen LogP contribution in [-0.2, 0) is 9.47 Å². The summed E-state index contributed by atoms with van der Waals surface area (Å²) in [5.41, 5.74) is 12.7. The second-order valence-electron chi connectivity index (χ2n) is 7.51. The smallest absolute Gasteiger partial charge is 0.465 e. The van der Waals surface area contributed by atoms with Crippen molar-refractivity contribution in [1.29, 1.82) is 0 Å². The fourth-order valence-corrected chi connectivity index (χ4v) is 2.93. The van der Waals surface area contributed by atoms with Gasteiger partial charge in [0.15, 0.2) is 0 Å². The number of aromatic nitrogens is 2. The number of nitrogen functional groups attached to an aromatic ring is 2. The Morgan fingerprint density at radius 1 is 0.941 bits per heavy atom. The Labute approximate surface area is 246 Å². The number of halogens is 4. The van der Waals surface area contributed by atoms with Crippen LogP contribution in [0.1, 0.15) is 57.9 Å². The Morgan fingerprint density at radius 2 is 1.41 bits per heavy atom. The van der Waals surface area contributed by atoms with Gasteiger partial charge in [0.25, 0.3) is 0 Å². The quantitative estimate of drug-likeness (QED) is 0.418. The molecule has 2 aromatic rings. The zero-order valence-electron chi connectivity index (χ0n) is 19.1. The van der Waals surface area contributed by atoms with Crippen molar-refractivity contribution < 1.29 is 83.4 Å². The third-order valence-electron chi connectivity index (χ3n) is 4.84. The molecule has 0 atom stereocenters. The van der Waals surface area contributed by atoms with Crippen molar-refractivity contribution in [1.82, 2.24) is 9.97 Å². The van der Waals surface area contributed by atoms with Crippen molar-refractivity contribution >= 4 is 46.5 Å². The fourth-order valence-electron chi connectivity index (χ4n) is 2.60. The van der Waals surface area contributed by atoms with Crippen LogP contribution in [0.5, 0.6) is 0 Å². The van der Waals surface area contributed by atoms with Gasteiger partial charge in [-0.15, -0.1) is 0 Å². The monoisotopic (exact) mass is 570 g/mol. The number of nitrogens with zero attached hydrogens (tertiary/aromatic N) is 2. The molecule has 4 rings (SSSR count). The van der Waals surface area contributed by atoms with Crippen LogP contribution in [-0.4, -0.2) is 43.1 Å². The van der Waals surface area contributed by atoms with E-state index in [9.17, 15) is 22.5 Å². The van der Waals surface area contributed by atoms with E-state index in [1.54, 1.807) is 18.3 Å². The summed E-state index contributed by atoms with van der Waals surface area (Å²) in [6, 6.07) is 3.35. The normalized spacial score (nSPS) is 14.3. The predicted molar refractivity (Wildman–Crippen MR) is 122 cm³/mol. The first-order chi connectivity index (χ1) is 15.5. The minimum absolute atomic E-state index is 0. The van der Waals surface area contributed by atoms with E-state index in [0.717, 1.165) is 5.56 Å². The van der Waals surface area contributed by atoms with Crippen LogP contribution >= 0.6 is 15.9 Å². The number of carbonyl (C=O) groups excluding carboxylic acids is 2. The van der Waals surface area contributed by atoms with Gasteiger partial charge in [-0.25, -0.2) is 19.6 Å². The molecule has 2 aliphatic carbocycles. The van der Waals surface area contributed by atoms with Crippen molar-refractivity contribution in [2.24, 2.45) is 0 Å². The molecule has 0 amide bonds. The van der Waals surface area contributed by atoms with Crippen LogP contribution in [0, 0.1) is 0 Å². The fraction of sp³-hybridized carbons (Fsp3) is 0.400. The molecule has 2 aliphatic rings. The molecule has 2 saturated carbocycles. The first-order valence-electron chi connectivity index (χ1n) is 10.0. The van der Waals surface area contributed by atoms with Crippen LogP contribution in [0.25, 0.3) is 0 Å². The van der Waals surface area contributed by atoms with Gasteiger partial charge in [-0.3, -0.25) is 0 Å². The summed E-state index contributed by atoms with van der Waals surface area (Å²) in [5.74, 6) is -0.823. The van der Waals surface area contributed by atoms with Gasteiger partial charge >= 0.3 is 70.3 Å². The maximum Gasteiger partial charge on any atom is 1.00 e. The summed E-state index contributed by atoms with van der Waals surface area (Å²) in [4.78, 5) is 30.1. The molecule has 2 fully saturated rings. The Kier molecular flexibility index (Phi) is 12.5. The average Bonchev–Trinajstić information content (AvgIpc) is 3.66. The van der Waals surface area contributed by atoms with E-state index >= 15 is 0 Å². The molecule has 34 heavy (non-hydrogen) atoms. The second kappa shape index (κ2) is 13.8. The molecule has 0 aromatic carbocycles. The SMILES string of the molecule is COC(=O)c1cc(Br)cnc1N.COC(=O)c1cc(C2CC2)cnc1N.F[B-](F)(F)C1CC1.[K+]. The van der Waals surface area contributed by atoms with E-state index in [0.29, 0.717) is 28.8 Å². The van der Waals surface area contributed by atoms with E-state index in [-0.39, 0.29) is 68.6 Å². The van der Waals surface area contributed by atoms with E-state index in [1.807, 2.05) is 0 Å². The molecule has 180 valence electrons. The largest absolute Gasteiger partial charge is 1.00 e. The molecule has 14 heteroatoms. The van der Waals surface area contributed by atoms with Gasteiger partial charge < -0.3 is 33.9 Å². The standard InChI is InChI=1S/C10H12N2O2.C7H7BrN2O2.C3H5BF3.K/c1-14-10(13)8-4-7(6-2-3-6)5-12-9(8)11;1-12-7(11)5-2-4(8)3-10-6(5)9;5-4(6,7)3-1-2-3;/h4-6H,2-3H2,1H3,(H2,11,12);2-3H,1H3,(H2,9,10);3H,1-2H2;/q;;-1;+1. The van der Waals surface area contributed by atoms with Gasteiger partial charge in [-0.05, 0) is 52.4 Å². The molecule has 2 aromatic heterocycles. The third kappa shape index (κ3) is 9.82. The topological polar surface area (TPSA) is 130 Å². The van der Waals surface area contributed by atoms with Crippen molar-refractivity contribution in [3.05, 3.63) is 45.7 Å². The molecule has 0 aliphatic heterocycles. The number of rotatable bonds is 4. The van der Waals surface area contributed by atoms with Gasteiger partial charge in [0, 0.05) is 16.9 Å². The summed E-state index contributed by atoms with van der Waals surface area (Å²) < 4.78 is 43.7. The molecule has 8 nitrogen and oxygen atoms in total. The molecule has 0 unspecified atom stereocenters. The van der Waals surface area contributed by atoms with Crippen LogP contribution in [0.2, 0.25) is 5.82 Å². The van der Waals surface area contributed by atoms with Crippen LogP contribution in [0.3, 0.4) is 0 Å². The van der Waals surface area contributed by atoms with E-state index in [2.05, 4.69) is 35.4 Å². The van der Waals surface area contributed by atoms with Crippen molar-refractivity contribution in [2.45, 2.75) is 37.4 Å². The summed E-state index contributed by atoms with van der Waals surface area (Å²) in [6.07, 6.45) is 6.35. The number of hydrogen-bond donors (Lipinski definition) is 2. The third-order valence-corrected chi connectivity index (χ3v) is 5.27. The molecule has 4 N–H and O–H groups in total. The molecule has 0 spiro atoms. The summed E-state index contributed by atoms with van der Waals surface area (Å²) in [7, 11) is 2.63. The number of esters is 2. The van der Waals surface area contributed by atoms with Crippen molar-refractivity contribution in [3.63, 3.8) is 0 Å². The van der Waals surface area contributed by atoms with E-state index < -0.39 is 24.7 Å². The van der Waals surface area contributed by atoms with Gasteiger partial charge in [-0.1, -0.05) is 18.7 Å². The van der Waals surface area contributed by atoms with Crippen LogP contribution in [0.15, 0.2) is 29.0 Å². The summed E-state index contributed by atoms with van der Waals surface area (Å²) in [5, 5.41) is 0. The first-order valence-corrected chi connectivity index (χ1v) is 10.8. The Hall–Kier alpha value is -1.19. The molecule has 0 saturated heterocycles. The van der Waals surface area contributed by atoms with Crippen LogP contribution < -0.4 is 62.9 Å². The van der Waals surface area contributed by atoms with E-state index in [4.69, 9.17) is 11.5 Å². The van der Waals surface area contributed by atoms with Gasteiger partial charge in [0.05, 0.1) is 14.2 Å². The Balaban J connectivity index is 0.000000264. The minimum atomic E-state index is -4.44. The summed E-state index contributed by atoms with van der Waals surface area (Å²) in [6.45, 7) is -4.44. The van der Waals surface area contributed by atoms with Crippen molar-refractivity contribution in [2.75, 3.05) is 25.7 Å². The number of carbonyl (C=O) groups is 2. The number of ether oxygens (including phenoxy) is 2. The Bertz CT molecular complexity index is 1010. The molecular formula is C20H24BBrF3KN4O4. The Morgan fingerprint density at radius 3 is 1.79 bits per heavy atom.